The van der Waals surface area contributed by atoms with E-state index in [9.17, 15) is 9.59 Å². The molecule has 3 aliphatic rings. The lowest BCUT2D eigenvalue weighted by molar-refractivity contribution is -0.118. The number of benzene rings is 1. The summed E-state index contributed by atoms with van der Waals surface area (Å²) >= 11 is 2.77. The zero-order chi connectivity index (χ0) is 21.4. The van der Waals surface area contributed by atoms with Crippen molar-refractivity contribution in [2.45, 2.75) is 26.2 Å². The Balaban J connectivity index is 1.21. The molecule has 0 radical (unpaired) electrons. The van der Waals surface area contributed by atoms with E-state index in [-0.39, 0.29) is 30.6 Å². The number of fused-ring (bicyclic) bond motifs is 4. The highest BCUT2D eigenvalue weighted by Gasteiger charge is 2.43. The number of hydrogen-bond donors (Lipinski definition) is 2. The highest BCUT2D eigenvalue weighted by molar-refractivity contribution is 8.14. The fraction of sp³-hybridized carbons (Fsp3) is 0.350. The van der Waals surface area contributed by atoms with Gasteiger partial charge in [-0.25, -0.2) is 0 Å². The van der Waals surface area contributed by atoms with Crippen LogP contribution in [0.1, 0.15) is 28.6 Å². The first-order valence-corrected chi connectivity index (χ1v) is 11.8. The lowest BCUT2D eigenvalue weighted by Crippen LogP contribution is -2.58. The topological polar surface area (TPSA) is 95.5 Å². The molecule has 162 valence electrons. The zero-order valence-electron chi connectivity index (χ0n) is 16.8. The molecule has 31 heavy (non-hydrogen) atoms. The van der Waals surface area contributed by atoms with E-state index >= 15 is 0 Å². The second-order valence-electron chi connectivity index (χ2n) is 7.15. The first kappa shape index (κ1) is 20.0. The van der Waals surface area contributed by atoms with Crippen molar-refractivity contribution in [3.05, 3.63) is 40.1 Å². The molecule has 0 saturated heterocycles. The molecule has 0 fully saturated rings. The van der Waals surface area contributed by atoms with Crippen molar-refractivity contribution in [3.8, 4) is 11.5 Å². The molecule has 0 bridgehead atoms. The van der Waals surface area contributed by atoms with E-state index in [1.54, 1.807) is 4.90 Å². The summed E-state index contributed by atoms with van der Waals surface area (Å²) in [5.74, 6) is 1.55. The Bertz CT molecular complexity index is 1060. The second-order valence-corrected chi connectivity index (χ2v) is 9.01. The number of carbonyl (C=O) groups excluding carboxylic acids is 2. The number of thiophene rings is 1. The van der Waals surface area contributed by atoms with E-state index in [2.05, 4.69) is 15.8 Å². The number of ether oxygens (including phenoxy) is 2. The molecule has 1 unspecified atom stereocenters. The number of thioether (sulfide) groups is 1. The van der Waals surface area contributed by atoms with Crippen LogP contribution in [0.3, 0.4) is 0 Å². The molecule has 9 nitrogen and oxygen atoms in total. The van der Waals surface area contributed by atoms with Gasteiger partial charge in [-0.15, -0.1) is 11.3 Å². The minimum absolute atomic E-state index is 0.0171. The van der Waals surface area contributed by atoms with Gasteiger partial charge in [0.25, 0.3) is 5.91 Å². The summed E-state index contributed by atoms with van der Waals surface area (Å²) in [6.45, 7) is 3.30. The molecule has 0 aliphatic carbocycles. The molecule has 5 rings (SSSR count). The third-order valence-electron chi connectivity index (χ3n) is 5.10. The Morgan fingerprint density at radius 3 is 3.10 bits per heavy atom. The van der Waals surface area contributed by atoms with Gasteiger partial charge in [0, 0.05) is 13.1 Å². The summed E-state index contributed by atoms with van der Waals surface area (Å²) in [5, 5.41) is 9.92. The average Bonchev–Trinajstić information content (AvgIpc) is 3.52. The van der Waals surface area contributed by atoms with E-state index in [1.165, 1.54) is 23.1 Å². The Kier molecular flexibility index (Phi) is 5.36. The van der Waals surface area contributed by atoms with Gasteiger partial charge in [-0.2, -0.15) is 5.10 Å². The summed E-state index contributed by atoms with van der Waals surface area (Å²) in [6, 6.07) is 7.55. The van der Waals surface area contributed by atoms with Crippen LogP contribution < -0.4 is 25.1 Å². The minimum Gasteiger partial charge on any atom is -0.454 e. The van der Waals surface area contributed by atoms with Crippen molar-refractivity contribution in [2.24, 2.45) is 5.10 Å². The maximum absolute atomic E-state index is 12.8. The summed E-state index contributed by atoms with van der Waals surface area (Å²) in [7, 11) is 0. The summed E-state index contributed by atoms with van der Waals surface area (Å²) in [5.41, 5.74) is 4.83. The quantitative estimate of drug-likeness (QED) is 0.685. The predicted molar refractivity (Wildman–Crippen MR) is 119 cm³/mol. The number of hydrogen-bond acceptors (Lipinski definition) is 9. The maximum atomic E-state index is 12.8. The van der Waals surface area contributed by atoms with E-state index < -0.39 is 0 Å². The molecular weight excluding hydrogens is 438 g/mol. The standard InChI is InChI=1S/C20H21N5O4S2/c1-2-6-24-18(27)17-13(5-7-30-17)25-19(24)22-23-20(25)31-10-16(26)21-9-12-3-4-14-15(8-12)29-11-28-14/h3-5,7-8,19,22H,2,6,9-11H2,1H3,(H,21,26). The number of carbonyl (C=O) groups is 2. The lowest BCUT2D eigenvalue weighted by atomic mass is 10.2. The van der Waals surface area contributed by atoms with Crippen molar-refractivity contribution in [1.29, 1.82) is 0 Å². The van der Waals surface area contributed by atoms with Crippen LogP contribution in [0.15, 0.2) is 34.7 Å². The van der Waals surface area contributed by atoms with Gasteiger partial charge < -0.3 is 14.8 Å². The van der Waals surface area contributed by atoms with Crippen molar-refractivity contribution in [1.82, 2.24) is 15.6 Å². The largest absolute Gasteiger partial charge is 0.454 e. The SMILES string of the molecule is CCCN1C(=O)c2sccc2N2C(SCC(=O)NCc3ccc4c(c3)OCO4)=NNC12. The lowest BCUT2D eigenvalue weighted by Gasteiger charge is -2.39. The van der Waals surface area contributed by atoms with E-state index in [0.29, 0.717) is 28.9 Å². The van der Waals surface area contributed by atoms with Crippen molar-refractivity contribution < 1.29 is 19.1 Å². The molecule has 3 aliphatic heterocycles. The Morgan fingerprint density at radius 2 is 2.23 bits per heavy atom. The third kappa shape index (κ3) is 3.68. The molecule has 2 amide bonds. The zero-order valence-corrected chi connectivity index (χ0v) is 18.4. The third-order valence-corrected chi connectivity index (χ3v) is 6.95. The molecular formula is C20H21N5O4S2. The number of nitrogens with one attached hydrogen (secondary N) is 2. The fourth-order valence-corrected chi connectivity index (χ4v) is 5.32. The number of rotatable bonds is 6. The van der Waals surface area contributed by atoms with Gasteiger partial charge in [-0.1, -0.05) is 24.8 Å². The predicted octanol–water partition coefficient (Wildman–Crippen LogP) is 2.36. The molecule has 2 N–H and O–H groups in total. The number of hydrazone groups is 1. The molecule has 11 heteroatoms. The van der Waals surface area contributed by atoms with E-state index in [0.717, 1.165) is 23.4 Å². The van der Waals surface area contributed by atoms with Crippen molar-refractivity contribution in [3.63, 3.8) is 0 Å². The van der Waals surface area contributed by atoms with Crippen LogP contribution in [0.5, 0.6) is 11.5 Å². The number of nitrogens with zero attached hydrogens (tertiary/aromatic N) is 3. The molecule has 1 aromatic heterocycles. The molecule has 0 saturated carbocycles. The van der Waals surface area contributed by atoms with Crippen LogP contribution in [0, 0.1) is 0 Å². The van der Waals surface area contributed by atoms with Crippen LogP contribution in [0.25, 0.3) is 0 Å². The van der Waals surface area contributed by atoms with Gasteiger partial charge in [0.15, 0.2) is 16.7 Å². The highest BCUT2D eigenvalue weighted by Crippen LogP contribution is 2.38. The van der Waals surface area contributed by atoms with Crippen molar-refractivity contribution >= 4 is 45.8 Å². The maximum Gasteiger partial charge on any atom is 0.269 e. The van der Waals surface area contributed by atoms with E-state index in [1.807, 2.05) is 41.5 Å². The number of amides is 2. The van der Waals surface area contributed by atoms with Gasteiger partial charge in [-0.3, -0.25) is 24.8 Å². The first-order valence-electron chi connectivity index (χ1n) is 9.94. The number of anilines is 1. The summed E-state index contributed by atoms with van der Waals surface area (Å²) in [4.78, 5) is 29.7. The Morgan fingerprint density at radius 1 is 1.35 bits per heavy atom. The van der Waals surface area contributed by atoms with Crippen LogP contribution in [-0.2, 0) is 11.3 Å². The van der Waals surface area contributed by atoms with Crippen molar-refractivity contribution in [2.75, 3.05) is 24.0 Å². The average molecular weight is 460 g/mol. The molecule has 2 aromatic rings. The highest BCUT2D eigenvalue weighted by atomic mass is 32.2. The molecule has 1 aromatic carbocycles. The Hall–Kier alpha value is -2.92. The summed E-state index contributed by atoms with van der Waals surface area (Å²) in [6.07, 6.45) is 0.497. The van der Waals surface area contributed by atoms with E-state index in [4.69, 9.17) is 9.47 Å². The molecule has 1 atom stereocenters. The minimum atomic E-state index is -0.353. The van der Waals surface area contributed by atoms with Gasteiger partial charge in [0.2, 0.25) is 19.0 Å². The van der Waals surface area contributed by atoms with Crippen LogP contribution in [-0.4, -0.2) is 47.3 Å². The van der Waals surface area contributed by atoms with Crippen LogP contribution in [0.2, 0.25) is 0 Å². The van der Waals surface area contributed by atoms with Gasteiger partial charge >= 0.3 is 0 Å². The first-order chi connectivity index (χ1) is 15.2. The second kappa shape index (κ2) is 8.31. The van der Waals surface area contributed by atoms with Gasteiger partial charge in [-0.05, 0) is 35.6 Å². The normalized spacial score (nSPS) is 18.4. The van der Waals surface area contributed by atoms with Crippen LogP contribution >= 0.6 is 23.1 Å². The number of amidine groups is 1. The smallest absolute Gasteiger partial charge is 0.269 e. The van der Waals surface area contributed by atoms with Gasteiger partial charge in [0.05, 0.1) is 11.4 Å². The van der Waals surface area contributed by atoms with Crippen LogP contribution in [0.4, 0.5) is 5.69 Å². The monoisotopic (exact) mass is 459 g/mol. The summed E-state index contributed by atoms with van der Waals surface area (Å²) < 4.78 is 10.7. The van der Waals surface area contributed by atoms with Gasteiger partial charge in [0.1, 0.15) is 4.88 Å². The fourth-order valence-electron chi connectivity index (χ4n) is 3.67. The molecule has 4 heterocycles. The molecule has 0 spiro atoms. The Labute approximate surface area is 187 Å².